The van der Waals surface area contributed by atoms with Gasteiger partial charge in [0, 0.05) is 0 Å². The molecule has 1 rings (SSSR count). The maximum atomic E-state index is 11.8. The zero-order chi connectivity index (χ0) is 12.2. The van der Waals surface area contributed by atoms with Crippen LogP contribution >= 0.6 is 23.1 Å². The van der Waals surface area contributed by atoms with Crippen LogP contribution in [-0.4, -0.2) is 27.5 Å². The van der Waals surface area contributed by atoms with E-state index in [-0.39, 0.29) is 5.97 Å². The van der Waals surface area contributed by atoms with Crippen molar-refractivity contribution in [3.05, 3.63) is 5.51 Å². The van der Waals surface area contributed by atoms with E-state index in [4.69, 9.17) is 4.74 Å². The second-order valence-electron chi connectivity index (χ2n) is 4.26. The van der Waals surface area contributed by atoms with Gasteiger partial charge in [-0.2, -0.15) is 0 Å². The molecule has 4 nitrogen and oxygen atoms in total. The van der Waals surface area contributed by atoms with E-state index >= 15 is 0 Å². The van der Waals surface area contributed by atoms with Crippen LogP contribution in [0.4, 0.5) is 0 Å². The maximum absolute atomic E-state index is 11.8. The predicted octanol–water partition coefficient (Wildman–Crippen LogP) is 2.41. The number of thioether (sulfide) groups is 1. The van der Waals surface area contributed by atoms with E-state index in [9.17, 15) is 4.79 Å². The number of nitrogens with zero attached hydrogens (tertiary/aromatic N) is 2. The highest BCUT2D eigenvalue weighted by atomic mass is 32.2. The van der Waals surface area contributed by atoms with Crippen molar-refractivity contribution in [1.29, 1.82) is 0 Å². The molecular formula is C10H15N2O2S2. The van der Waals surface area contributed by atoms with Gasteiger partial charge in [-0.25, -0.2) is 0 Å². The van der Waals surface area contributed by atoms with Gasteiger partial charge in [0.15, 0.2) is 9.85 Å². The van der Waals surface area contributed by atoms with Gasteiger partial charge in [0.05, 0.1) is 6.61 Å². The summed E-state index contributed by atoms with van der Waals surface area (Å²) in [6.45, 7) is 8.11. The first-order valence-electron chi connectivity index (χ1n) is 4.97. The van der Waals surface area contributed by atoms with Crippen LogP contribution in [-0.2, 0) is 9.53 Å². The molecule has 0 amide bonds. The van der Waals surface area contributed by atoms with Crippen molar-refractivity contribution in [3.8, 4) is 0 Å². The summed E-state index contributed by atoms with van der Waals surface area (Å²) in [4.78, 5) is 11.8. The van der Waals surface area contributed by atoms with E-state index in [0.717, 1.165) is 4.34 Å². The predicted molar refractivity (Wildman–Crippen MR) is 64.5 cm³/mol. The van der Waals surface area contributed by atoms with E-state index in [2.05, 4.69) is 15.7 Å². The van der Waals surface area contributed by atoms with Gasteiger partial charge in [-0.1, -0.05) is 36.9 Å². The molecule has 1 radical (unpaired) electrons. The van der Waals surface area contributed by atoms with E-state index in [0.29, 0.717) is 12.5 Å². The smallest absolute Gasteiger partial charge is 0.322 e. The molecular weight excluding hydrogens is 244 g/mol. The van der Waals surface area contributed by atoms with Crippen LogP contribution in [0.3, 0.4) is 0 Å². The summed E-state index contributed by atoms with van der Waals surface area (Å²) in [5.41, 5.74) is 2.65. The largest absolute Gasteiger partial charge is 0.464 e. The number of hydrogen-bond donors (Lipinski definition) is 0. The Morgan fingerprint density at radius 2 is 2.31 bits per heavy atom. The molecule has 0 bridgehead atoms. The van der Waals surface area contributed by atoms with Gasteiger partial charge < -0.3 is 4.74 Å². The van der Waals surface area contributed by atoms with Crippen molar-refractivity contribution in [1.82, 2.24) is 10.2 Å². The fourth-order valence-corrected chi connectivity index (χ4v) is 2.66. The zero-order valence-electron chi connectivity index (χ0n) is 9.81. The van der Waals surface area contributed by atoms with Crippen LogP contribution in [0.1, 0.15) is 27.7 Å². The van der Waals surface area contributed by atoms with Gasteiger partial charge in [0.25, 0.3) is 0 Å². The lowest BCUT2D eigenvalue weighted by atomic mass is 10.2. The number of carbonyl (C=O) groups excluding carboxylic acids is 1. The molecule has 0 fully saturated rings. The Hall–Kier alpha value is -0.620. The minimum absolute atomic E-state index is 0.221. The lowest BCUT2D eigenvalue weighted by molar-refractivity contribution is -0.146. The van der Waals surface area contributed by atoms with Crippen molar-refractivity contribution in [3.63, 3.8) is 0 Å². The van der Waals surface area contributed by atoms with Crippen molar-refractivity contribution >= 4 is 29.1 Å². The number of carbonyl (C=O) groups is 1. The average molecular weight is 259 g/mol. The third-order valence-corrected chi connectivity index (χ3v) is 3.55. The van der Waals surface area contributed by atoms with Gasteiger partial charge in [-0.15, -0.1) is 10.2 Å². The summed E-state index contributed by atoms with van der Waals surface area (Å²) in [7, 11) is 0. The molecule has 0 saturated carbocycles. The van der Waals surface area contributed by atoms with Gasteiger partial charge in [-0.05, 0) is 19.8 Å². The third-order valence-electron chi connectivity index (χ3n) is 1.69. The van der Waals surface area contributed by atoms with E-state index in [1.807, 2.05) is 27.7 Å². The molecule has 1 aromatic rings. The summed E-state index contributed by atoms with van der Waals surface area (Å²) in [6.07, 6.45) is 0. The van der Waals surface area contributed by atoms with Crippen molar-refractivity contribution in [2.24, 2.45) is 5.92 Å². The van der Waals surface area contributed by atoms with Crippen molar-refractivity contribution < 1.29 is 9.53 Å². The molecule has 6 heteroatoms. The van der Waals surface area contributed by atoms with Gasteiger partial charge in [0.1, 0.15) is 4.75 Å². The number of aromatic nitrogens is 2. The summed E-state index contributed by atoms with van der Waals surface area (Å²) < 4.78 is 5.30. The number of hydrogen-bond acceptors (Lipinski definition) is 6. The Bertz CT molecular complexity index is 337. The Kier molecular flexibility index (Phi) is 4.73. The minimum atomic E-state index is -0.637. The standard InChI is InChI=1S/C10H15N2O2S2/c1-7(2)5-14-8(13)10(3,4)16-9-12-11-6-15-9/h7H,5H2,1-4H3. The molecule has 0 aliphatic rings. The van der Waals surface area contributed by atoms with Crippen LogP contribution in [0, 0.1) is 11.4 Å². The number of esters is 1. The Labute approximate surface area is 104 Å². The molecule has 1 aromatic heterocycles. The van der Waals surface area contributed by atoms with Gasteiger partial charge >= 0.3 is 5.97 Å². The highest BCUT2D eigenvalue weighted by Crippen LogP contribution is 2.33. The molecule has 0 N–H and O–H groups in total. The summed E-state index contributed by atoms with van der Waals surface area (Å²) in [5.74, 6) is 0.126. The zero-order valence-corrected chi connectivity index (χ0v) is 11.4. The second-order valence-corrected chi connectivity index (χ2v) is 6.91. The van der Waals surface area contributed by atoms with E-state index in [1.54, 1.807) is 0 Å². The monoisotopic (exact) mass is 259 g/mol. The maximum Gasteiger partial charge on any atom is 0.322 e. The van der Waals surface area contributed by atoms with Crippen LogP contribution in [0.15, 0.2) is 4.34 Å². The lowest BCUT2D eigenvalue weighted by Gasteiger charge is -2.20. The average Bonchev–Trinajstić information content (AvgIpc) is 2.65. The number of rotatable bonds is 5. The molecule has 0 unspecified atom stereocenters. The molecule has 1 heterocycles. The topological polar surface area (TPSA) is 52.1 Å². The second kappa shape index (κ2) is 5.63. The van der Waals surface area contributed by atoms with E-state index < -0.39 is 4.75 Å². The van der Waals surface area contributed by atoms with E-state index in [1.165, 1.54) is 23.1 Å². The lowest BCUT2D eigenvalue weighted by Crippen LogP contribution is -2.31. The fourth-order valence-electron chi connectivity index (χ4n) is 0.858. The SMILES string of the molecule is CC(C)COC(=O)C(C)(C)Sc1nn[c]s1. The molecule has 0 atom stereocenters. The highest BCUT2D eigenvalue weighted by molar-refractivity contribution is 8.02. The summed E-state index contributed by atoms with van der Waals surface area (Å²) in [5, 5.41) is 7.46. The van der Waals surface area contributed by atoms with Gasteiger partial charge in [0.2, 0.25) is 0 Å². The quantitative estimate of drug-likeness (QED) is 0.600. The first kappa shape index (κ1) is 13.4. The Morgan fingerprint density at radius 3 is 2.81 bits per heavy atom. The van der Waals surface area contributed by atoms with Crippen LogP contribution in [0.2, 0.25) is 0 Å². The third kappa shape index (κ3) is 4.09. The highest BCUT2D eigenvalue weighted by Gasteiger charge is 2.32. The molecule has 0 aliphatic heterocycles. The summed E-state index contributed by atoms with van der Waals surface area (Å²) >= 11 is 2.65. The van der Waals surface area contributed by atoms with Crippen LogP contribution in [0.25, 0.3) is 0 Å². The molecule has 0 aliphatic carbocycles. The van der Waals surface area contributed by atoms with Crippen LogP contribution < -0.4 is 0 Å². The fraction of sp³-hybridized carbons (Fsp3) is 0.700. The minimum Gasteiger partial charge on any atom is -0.464 e. The molecule has 0 spiro atoms. The normalized spacial score (nSPS) is 11.8. The summed E-state index contributed by atoms with van der Waals surface area (Å²) in [6, 6.07) is 0. The Morgan fingerprint density at radius 1 is 1.62 bits per heavy atom. The van der Waals surface area contributed by atoms with Crippen molar-refractivity contribution in [2.75, 3.05) is 6.61 Å². The van der Waals surface area contributed by atoms with Crippen molar-refractivity contribution in [2.45, 2.75) is 36.8 Å². The molecule has 0 saturated heterocycles. The first-order valence-corrected chi connectivity index (χ1v) is 6.61. The first-order chi connectivity index (χ1) is 7.42. The molecule has 0 aromatic carbocycles. The molecule has 89 valence electrons. The molecule has 16 heavy (non-hydrogen) atoms. The number of ether oxygens (including phenoxy) is 1. The van der Waals surface area contributed by atoms with Crippen LogP contribution in [0.5, 0.6) is 0 Å². The Balaban J connectivity index is 2.52. The van der Waals surface area contributed by atoms with Gasteiger partial charge in [-0.3, -0.25) is 4.79 Å².